The lowest BCUT2D eigenvalue weighted by molar-refractivity contribution is -0.121. The molecule has 1 aliphatic rings. The average Bonchev–Trinajstić information content (AvgIpc) is 3.07. The molecule has 0 unspecified atom stereocenters. The van der Waals surface area contributed by atoms with Crippen LogP contribution in [0, 0.1) is 0 Å². The third-order valence-corrected chi connectivity index (χ3v) is 4.62. The fourth-order valence-electron chi connectivity index (χ4n) is 3.14. The van der Waals surface area contributed by atoms with Gasteiger partial charge in [0.05, 0.1) is 0 Å². The maximum Gasteiger partial charge on any atom is 0.220 e. The molecule has 24 heavy (non-hydrogen) atoms. The molecule has 1 aromatic carbocycles. The molecule has 0 bridgehead atoms. The van der Waals surface area contributed by atoms with Gasteiger partial charge in [0.25, 0.3) is 0 Å². The Bertz CT molecular complexity index is 677. The number of benzene rings is 1. The van der Waals surface area contributed by atoms with Crippen LogP contribution in [0.1, 0.15) is 24.8 Å². The number of hydrogen-bond donors (Lipinski definition) is 1. The van der Waals surface area contributed by atoms with Crippen molar-refractivity contribution in [1.82, 2.24) is 10.3 Å². The third-order valence-electron chi connectivity index (χ3n) is 4.39. The van der Waals surface area contributed by atoms with Crippen LogP contribution in [0.2, 0.25) is 5.02 Å². The van der Waals surface area contributed by atoms with E-state index in [0.29, 0.717) is 30.5 Å². The molecule has 0 radical (unpaired) electrons. The van der Waals surface area contributed by atoms with Crippen molar-refractivity contribution < 1.29 is 4.79 Å². The Kier molecular flexibility index (Phi) is 5.70. The lowest BCUT2D eigenvalue weighted by Crippen LogP contribution is -2.40. The first-order chi connectivity index (χ1) is 11.7. The molecule has 0 spiro atoms. The number of amides is 1. The summed E-state index contributed by atoms with van der Waals surface area (Å²) in [5.74, 6) is 1.08. The minimum absolute atomic E-state index is 0.0860. The summed E-state index contributed by atoms with van der Waals surface area (Å²) < 4.78 is 0. The second-order valence-corrected chi connectivity index (χ2v) is 6.55. The van der Waals surface area contributed by atoms with Crippen molar-refractivity contribution in [3.63, 3.8) is 0 Å². The van der Waals surface area contributed by atoms with Crippen LogP contribution in [0.25, 0.3) is 0 Å². The van der Waals surface area contributed by atoms with E-state index >= 15 is 0 Å². The minimum Gasteiger partial charge on any atom is -0.354 e. The van der Waals surface area contributed by atoms with E-state index in [4.69, 9.17) is 11.6 Å². The van der Waals surface area contributed by atoms with Crippen molar-refractivity contribution in [2.75, 3.05) is 18.0 Å². The van der Waals surface area contributed by atoms with Gasteiger partial charge in [-0.25, -0.2) is 4.98 Å². The summed E-state index contributed by atoms with van der Waals surface area (Å²) in [6.45, 7) is 1.67. The first-order valence-electron chi connectivity index (χ1n) is 8.41. The van der Waals surface area contributed by atoms with Crippen molar-refractivity contribution in [1.29, 1.82) is 0 Å². The Morgan fingerprint density at radius 3 is 3.00 bits per heavy atom. The molecule has 126 valence electrons. The number of carbonyl (C=O) groups is 1. The number of aryl methyl sites for hydroxylation is 1. The highest BCUT2D eigenvalue weighted by molar-refractivity contribution is 6.30. The van der Waals surface area contributed by atoms with Crippen LogP contribution < -0.4 is 10.2 Å². The van der Waals surface area contributed by atoms with E-state index in [1.807, 2.05) is 48.7 Å². The smallest absolute Gasteiger partial charge is 0.220 e. The largest absolute Gasteiger partial charge is 0.354 e. The number of pyridine rings is 1. The molecule has 0 aliphatic carbocycles. The highest BCUT2D eigenvalue weighted by Crippen LogP contribution is 2.22. The number of aromatic nitrogens is 1. The predicted octanol–water partition coefficient (Wildman–Crippen LogP) is 3.45. The second-order valence-electron chi connectivity index (χ2n) is 6.11. The third kappa shape index (κ3) is 4.48. The van der Waals surface area contributed by atoms with Gasteiger partial charge in [-0.1, -0.05) is 29.8 Å². The maximum absolute atomic E-state index is 12.1. The highest BCUT2D eigenvalue weighted by atomic mass is 35.5. The quantitative estimate of drug-likeness (QED) is 0.873. The van der Waals surface area contributed by atoms with Crippen LogP contribution in [-0.4, -0.2) is 30.0 Å². The monoisotopic (exact) mass is 343 g/mol. The van der Waals surface area contributed by atoms with Gasteiger partial charge in [-0.3, -0.25) is 4.79 Å². The SMILES string of the molecule is O=C(CCc1cccc(Cl)c1)NC[C@H]1CCCN1c1ccccn1. The number of halogens is 1. The summed E-state index contributed by atoms with van der Waals surface area (Å²) >= 11 is 5.97. The molecule has 1 saturated heterocycles. The zero-order valence-corrected chi connectivity index (χ0v) is 14.4. The van der Waals surface area contributed by atoms with E-state index < -0.39 is 0 Å². The molecule has 1 aliphatic heterocycles. The van der Waals surface area contributed by atoms with E-state index in [9.17, 15) is 4.79 Å². The summed E-state index contributed by atoms with van der Waals surface area (Å²) in [6.07, 6.45) is 5.23. The highest BCUT2D eigenvalue weighted by Gasteiger charge is 2.25. The number of nitrogens with zero attached hydrogens (tertiary/aromatic N) is 2. The van der Waals surface area contributed by atoms with E-state index in [-0.39, 0.29) is 5.91 Å². The second kappa shape index (κ2) is 8.15. The normalized spacial score (nSPS) is 17.0. The Labute approximate surface area is 147 Å². The predicted molar refractivity (Wildman–Crippen MR) is 97.4 cm³/mol. The lowest BCUT2D eigenvalue weighted by Gasteiger charge is -2.25. The van der Waals surface area contributed by atoms with Crippen LogP contribution >= 0.6 is 11.6 Å². The summed E-state index contributed by atoms with van der Waals surface area (Å²) in [4.78, 5) is 18.8. The van der Waals surface area contributed by atoms with E-state index in [2.05, 4.69) is 15.2 Å². The molecule has 2 aromatic rings. The molecular formula is C19H22ClN3O. The molecule has 1 fully saturated rings. The zero-order valence-electron chi connectivity index (χ0n) is 13.6. The summed E-state index contributed by atoms with van der Waals surface area (Å²) in [6, 6.07) is 14.0. The lowest BCUT2D eigenvalue weighted by atomic mass is 10.1. The number of nitrogens with one attached hydrogen (secondary N) is 1. The molecule has 1 aromatic heterocycles. The minimum atomic E-state index is 0.0860. The van der Waals surface area contributed by atoms with Crippen LogP contribution in [0.4, 0.5) is 5.82 Å². The molecular weight excluding hydrogens is 322 g/mol. The molecule has 4 nitrogen and oxygen atoms in total. The number of hydrogen-bond acceptors (Lipinski definition) is 3. The Morgan fingerprint density at radius 1 is 1.29 bits per heavy atom. The Balaban J connectivity index is 1.47. The van der Waals surface area contributed by atoms with E-state index in [1.54, 1.807) is 0 Å². The van der Waals surface area contributed by atoms with E-state index in [1.165, 1.54) is 0 Å². The van der Waals surface area contributed by atoms with Gasteiger partial charge >= 0.3 is 0 Å². The van der Waals surface area contributed by atoms with Crippen LogP contribution in [0.5, 0.6) is 0 Å². The number of anilines is 1. The van der Waals surface area contributed by atoms with Crippen LogP contribution in [0.3, 0.4) is 0 Å². The molecule has 0 saturated carbocycles. The Morgan fingerprint density at radius 2 is 2.21 bits per heavy atom. The number of carbonyl (C=O) groups excluding carboxylic acids is 1. The van der Waals surface area contributed by atoms with Gasteiger partial charge in [0, 0.05) is 36.8 Å². The first kappa shape index (κ1) is 16.8. The summed E-state index contributed by atoms with van der Waals surface area (Å²) in [5.41, 5.74) is 1.09. The zero-order chi connectivity index (χ0) is 16.8. The van der Waals surface area contributed by atoms with Gasteiger partial charge < -0.3 is 10.2 Å². The van der Waals surface area contributed by atoms with Crippen LogP contribution in [0.15, 0.2) is 48.7 Å². The van der Waals surface area contributed by atoms with Crippen LogP contribution in [-0.2, 0) is 11.2 Å². The van der Waals surface area contributed by atoms with Crippen molar-refractivity contribution in [3.05, 3.63) is 59.2 Å². The number of rotatable bonds is 6. The van der Waals surface area contributed by atoms with Gasteiger partial charge in [0.15, 0.2) is 0 Å². The molecule has 2 heterocycles. The Hall–Kier alpha value is -2.07. The van der Waals surface area contributed by atoms with Crippen molar-refractivity contribution >= 4 is 23.3 Å². The fourth-order valence-corrected chi connectivity index (χ4v) is 3.36. The first-order valence-corrected chi connectivity index (χ1v) is 8.79. The average molecular weight is 344 g/mol. The van der Waals surface area contributed by atoms with Gasteiger partial charge in [0.2, 0.25) is 5.91 Å². The molecule has 1 amide bonds. The van der Waals surface area contributed by atoms with E-state index in [0.717, 1.165) is 30.8 Å². The van der Waals surface area contributed by atoms with Gasteiger partial charge in [0.1, 0.15) is 5.82 Å². The molecule has 5 heteroatoms. The molecule has 1 atom stereocenters. The van der Waals surface area contributed by atoms with Crippen molar-refractivity contribution in [2.45, 2.75) is 31.7 Å². The topological polar surface area (TPSA) is 45.2 Å². The van der Waals surface area contributed by atoms with Gasteiger partial charge in [-0.2, -0.15) is 0 Å². The molecule has 3 rings (SSSR count). The summed E-state index contributed by atoms with van der Waals surface area (Å²) in [5, 5.41) is 3.78. The fraction of sp³-hybridized carbons (Fsp3) is 0.368. The maximum atomic E-state index is 12.1. The van der Waals surface area contributed by atoms with Gasteiger partial charge in [-0.15, -0.1) is 0 Å². The summed E-state index contributed by atoms with van der Waals surface area (Å²) in [7, 11) is 0. The standard InChI is InChI=1S/C19H22ClN3O/c20-16-6-3-5-15(13-16)9-10-19(24)22-14-17-7-4-12-23(17)18-8-1-2-11-21-18/h1-3,5-6,8,11,13,17H,4,7,9-10,12,14H2,(H,22,24)/t17-/m1/s1. The van der Waals surface area contributed by atoms with Crippen molar-refractivity contribution in [3.8, 4) is 0 Å². The molecule has 1 N–H and O–H groups in total. The van der Waals surface area contributed by atoms with Crippen molar-refractivity contribution in [2.24, 2.45) is 0 Å². The van der Waals surface area contributed by atoms with Gasteiger partial charge in [-0.05, 0) is 49.1 Å².